The molecule has 0 N–H and O–H groups in total. The van der Waals surface area contributed by atoms with Crippen LogP contribution in [0.5, 0.6) is 0 Å². The summed E-state index contributed by atoms with van der Waals surface area (Å²) in [5.41, 5.74) is 10.9. The molecule has 0 bridgehead atoms. The van der Waals surface area contributed by atoms with Crippen molar-refractivity contribution in [1.29, 1.82) is 0 Å². The molecule has 11 aromatic rings. The largest absolute Gasteiger partial charge is 0.452 e. The van der Waals surface area contributed by atoms with E-state index in [1.807, 2.05) is 18.2 Å². The first-order valence-electron chi connectivity index (χ1n) is 17.1. The number of aromatic nitrogens is 3. The molecule has 11 rings (SSSR count). The summed E-state index contributed by atoms with van der Waals surface area (Å²) in [5.74, 6) is 0.669. The molecule has 0 atom stereocenters. The Labute approximate surface area is 296 Å². The lowest BCUT2D eigenvalue weighted by Crippen LogP contribution is -1.95. The van der Waals surface area contributed by atoms with Gasteiger partial charge in [-0.1, -0.05) is 115 Å². The lowest BCUT2D eigenvalue weighted by atomic mass is 10.0. The maximum Gasteiger partial charge on any atom is 0.180 e. The van der Waals surface area contributed by atoms with Gasteiger partial charge in [0.05, 0.1) is 11.0 Å². The second-order valence-corrected chi connectivity index (χ2v) is 14.0. The third-order valence-corrected chi connectivity index (χ3v) is 11.2. The van der Waals surface area contributed by atoms with Gasteiger partial charge in [-0.15, -0.1) is 11.3 Å². The van der Waals surface area contributed by atoms with Crippen molar-refractivity contribution < 1.29 is 4.42 Å². The Kier molecular flexibility index (Phi) is 6.09. The summed E-state index contributed by atoms with van der Waals surface area (Å²) < 4.78 is 11.3. The van der Waals surface area contributed by atoms with Crippen molar-refractivity contribution in [3.63, 3.8) is 0 Å². The molecule has 0 saturated heterocycles. The molecule has 0 fully saturated rings. The fourth-order valence-electron chi connectivity index (χ4n) is 7.70. The third-order valence-electron chi connectivity index (χ3n) is 10.0. The van der Waals surface area contributed by atoms with E-state index < -0.39 is 0 Å². The lowest BCUT2D eigenvalue weighted by Gasteiger charge is -2.11. The molecule has 0 aliphatic carbocycles. The maximum atomic E-state index is 6.53. The smallest absolute Gasteiger partial charge is 0.180 e. The third kappa shape index (κ3) is 4.32. The topological polar surface area (TPSA) is 43.9 Å². The van der Waals surface area contributed by atoms with Gasteiger partial charge in [-0.2, -0.15) is 0 Å². The van der Waals surface area contributed by atoms with E-state index in [0.29, 0.717) is 11.4 Å². The van der Waals surface area contributed by atoms with Crippen LogP contribution in [0.15, 0.2) is 168 Å². The predicted octanol–water partition coefficient (Wildman–Crippen LogP) is 12.8. The van der Waals surface area contributed by atoms with Gasteiger partial charge in [0.25, 0.3) is 0 Å². The summed E-state index contributed by atoms with van der Waals surface area (Å²) in [5, 5.41) is 5.97. The van der Waals surface area contributed by atoms with Crippen LogP contribution in [0.4, 0.5) is 0 Å². The number of furan rings is 1. The zero-order valence-electron chi connectivity index (χ0n) is 27.2. The molecule has 0 radical (unpaired) electrons. The van der Waals surface area contributed by atoms with Crippen LogP contribution in [0.2, 0.25) is 0 Å². The van der Waals surface area contributed by atoms with Crippen LogP contribution in [-0.2, 0) is 0 Å². The van der Waals surface area contributed by atoms with E-state index in [0.717, 1.165) is 50.1 Å². The Morgan fingerprint density at radius 3 is 1.94 bits per heavy atom. The first-order valence-corrected chi connectivity index (χ1v) is 17.9. The number of para-hydroxylation sites is 3. The quantitative estimate of drug-likeness (QED) is 0.187. The van der Waals surface area contributed by atoms with Gasteiger partial charge in [-0.05, 0) is 59.7 Å². The molecule has 4 heterocycles. The van der Waals surface area contributed by atoms with Crippen molar-refractivity contribution in [1.82, 2.24) is 14.5 Å². The number of thiophene rings is 1. The average Bonchev–Trinajstić information content (AvgIpc) is 3.87. The Morgan fingerprint density at radius 2 is 1.12 bits per heavy atom. The number of hydrogen-bond acceptors (Lipinski definition) is 4. The van der Waals surface area contributed by atoms with Gasteiger partial charge in [0.1, 0.15) is 16.8 Å². The van der Waals surface area contributed by atoms with Gasteiger partial charge in [-0.25, -0.2) is 9.97 Å². The van der Waals surface area contributed by atoms with Crippen LogP contribution < -0.4 is 0 Å². The van der Waals surface area contributed by atoms with Gasteiger partial charge >= 0.3 is 0 Å². The summed E-state index contributed by atoms with van der Waals surface area (Å²) in [6, 6.07) is 57.8. The fourth-order valence-corrected chi connectivity index (χ4v) is 8.92. The second kappa shape index (κ2) is 11.0. The van der Waals surface area contributed by atoms with Crippen molar-refractivity contribution in [2.24, 2.45) is 0 Å². The minimum atomic E-state index is 0.669. The molecule has 0 unspecified atom stereocenters. The molecule has 7 aromatic carbocycles. The van der Waals surface area contributed by atoms with Crippen LogP contribution in [0.3, 0.4) is 0 Å². The molecule has 4 nitrogen and oxygen atoms in total. The first kappa shape index (κ1) is 28.3. The minimum Gasteiger partial charge on any atom is -0.452 e. The Morgan fingerprint density at radius 1 is 0.490 bits per heavy atom. The van der Waals surface area contributed by atoms with E-state index >= 15 is 0 Å². The number of hydrogen-bond donors (Lipinski definition) is 0. The van der Waals surface area contributed by atoms with Gasteiger partial charge in [-0.3, -0.25) is 0 Å². The molecule has 0 aliphatic heterocycles. The van der Waals surface area contributed by atoms with Crippen molar-refractivity contribution in [3.8, 4) is 39.5 Å². The number of benzene rings is 7. The Bertz CT molecular complexity index is 3110. The monoisotopic (exact) mass is 669 g/mol. The second-order valence-electron chi connectivity index (χ2n) is 13.0. The molecule has 0 saturated carbocycles. The lowest BCUT2D eigenvalue weighted by molar-refractivity contribution is 0.667. The van der Waals surface area contributed by atoms with Crippen molar-refractivity contribution in [3.05, 3.63) is 164 Å². The van der Waals surface area contributed by atoms with E-state index in [2.05, 4.69) is 150 Å². The molecule has 51 heavy (non-hydrogen) atoms. The number of rotatable bonds is 4. The van der Waals surface area contributed by atoms with E-state index in [4.69, 9.17) is 14.4 Å². The highest BCUT2D eigenvalue weighted by atomic mass is 32.1. The van der Waals surface area contributed by atoms with Crippen LogP contribution >= 0.6 is 11.3 Å². The number of fused-ring (bicyclic) bond motifs is 9. The average molecular weight is 670 g/mol. The van der Waals surface area contributed by atoms with Crippen molar-refractivity contribution in [2.45, 2.75) is 0 Å². The molecular weight excluding hydrogens is 643 g/mol. The zero-order valence-corrected chi connectivity index (χ0v) is 28.1. The van der Waals surface area contributed by atoms with E-state index in [1.54, 1.807) is 11.3 Å². The SMILES string of the molecule is c1cc(-c2cccc(-n3c4ccccc4c4ccccc43)c2)cc(-c2nc(-c3cccc4c3sc3ccccc34)c3oc4ccccc4c3n2)c1. The van der Waals surface area contributed by atoms with E-state index in [-0.39, 0.29) is 0 Å². The highest BCUT2D eigenvalue weighted by molar-refractivity contribution is 7.26. The highest BCUT2D eigenvalue weighted by Crippen LogP contribution is 2.43. The van der Waals surface area contributed by atoms with E-state index in [9.17, 15) is 0 Å². The van der Waals surface area contributed by atoms with E-state index in [1.165, 1.54) is 42.0 Å². The molecule has 5 heteroatoms. The Hall–Kier alpha value is -6.56. The van der Waals surface area contributed by atoms with Crippen LogP contribution in [0, 0.1) is 0 Å². The predicted molar refractivity (Wildman–Crippen MR) is 213 cm³/mol. The maximum absolute atomic E-state index is 6.53. The zero-order chi connectivity index (χ0) is 33.5. The molecular formula is C46H27N3OS. The standard InChI is InChI=1S/C46H27N3OS/c1-5-22-38-32(16-1)33-17-2-6-23-39(33)49(38)31-15-10-13-29(27-31)28-12-9-14-30(26-28)46-47-42-36-19-3-7-24-40(36)50-44(42)43(48-46)37-21-11-20-35-34-18-4-8-25-41(34)51-45(35)37/h1-27H. The normalized spacial score (nSPS) is 11.9. The summed E-state index contributed by atoms with van der Waals surface area (Å²) in [6.45, 7) is 0. The van der Waals surface area contributed by atoms with Crippen LogP contribution in [0.1, 0.15) is 0 Å². The van der Waals surface area contributed by atoms with Crippen molar-refractivity contribution in [2.75, 3.05) is 0 Å². The molecule has 4 aromatic heterocycles. The van der Waals surface area contributed by atoms with Gasteiger partial charge in [0.2, 0.25) is 0 Å². The van der Waals surface area contributed by atoms with Crippen LogP contribution in [0.25, 0.3) is 104 Å². The van der Waals surface area contributed by atoms with Crippen molar-refractivity contribution >= 4 is 75.4 Å². The summed E-state index contributed by atoms with van der Waals surface area (Å²) in [4.78, 5) is 10.5. The van der Waals surface area contributed by atoms with Gasteiger partial charge < -0.3 is 8.98 Å². The first-order chi connectivity index (χ1) is 25.3. The molecule has 238 valence electrons. The highest BCUT2D eigenvalue weighted by Gasteiger charge is 2.21. The Balaban J connectivity index is 1.10. The summed E-state index contributed by atoms with van der Waals surface area (Å²) in [7, 11) is 0. The summed E-state index contributed by atoms with van der Waals surface area (Å²) in [6.07, 6.45) is 0. The van der Waals surface area contributed by atoms with Gasteiger partial charge in [0.15, 0.2) is 11.4 Å². The van der Waals surface area contributed by atoms with Crippen LogP contribution in [-0.4, -0.2) is 14.5 Å². The number of nitrogens with zero attached hydrogens (tertiary/aromatic N) is 3. The fraction of sp³-hybridized carbons (Fsp3) is 0. The molecule has 0 amide bonds. The van der Waals surface area contributed by atoms with Gasteiger partial charge in [0, 0.05) is 53.1 Å². The molecule has 0 spiro atoms. The summed E-state index contributed by atoms with van der Waals surface area (Å²) >= 11 is 1.80. The minimum absolute atomic E-state index is 0.669. The molecule has 0 aliphatic rings.